The van der Waals surface area contributed by atoms with Gasteiger partial charge in [0, 0.05) is 16.5 Å². The molecule has 0 amide bonds. The fraction of sp³-hybridized carbons (Fsp3) is 0.0645. The van der Waals surface area contributed by atoms with E-state index in [0.717, 1.165) is 26.6 Å². The van der Waals surface area contributed by atoms with Gasteiger partial charge in [0.1, 0.15) is 0 Å². The van der Waals surface area contributed by atoms with E-state index in [1.54, 1.807) is 30.3 Å². The summed E-state index contributed by atoms with van der Waals surface area (Å²) in [5.41, 5.74) is 3.72. The third-order valence-electron chi connectivity index (χ3n) is 6.73. The van der Waals surface area contributed by atoms with Crippen molar-refractivity contribution in [1.29, 1.82) is 0 Å². The predicted molar refractivity (Wildman–Crippen MR) is 153 cm³/mol. The second-order valence-electron chi connectivity index (χ2n) is 9.00. The molecule has 0 atom stereocenters. The molecule has 2 heterocycles. The highest BCUT2D eigenvalue weighted by atomic mass is 32.2. The molecule has 6 rings (SSSR count). The lowest BCUT2D eigenvalue weighted by molar-refractivity contribution is 0.0602. The molecule has 0 fully saturated rings. The topological polar surface area (TPSA) is 65.4 Å². The van der Waals surface area contributed by atoms with Crippen LogP contribution in [0.1, 0.15) is 15.9 Å². The summed E-state index contributed by atoms with van der Waals surface area (Å²) in [7, 11) is -2.66. The molecule has 0 aliphatic rings. The number of fused-ring (bicyclic) bond motifs is 2. The van der Waals surface area contributed by atoms with Gasteiger partial charge in [-0.05, 0) is 53.4 Å². The van der Waals surface area contributed by atoms with Crippen LogP contribution in [0.5, 0.6) is 0 Å². The monoisotopic (exact) mass is 537 g/mol. The van der Waals surface area contributed by atoms with Crippen molar-refractivity contribution in [2.45, 2.75) is 11.8 Å². The fourth-order valence-corrected chi connectivity index (χ4v) is 7.35. The molecule has 6 aromatic rings. The number of hydrogen-bond acceptors (Lipinski definition) is 5. The minimum absolute atomic E-state index is 0.194. The summed E-state index contributed by atoms with van der Waals surface area (Å²) in [6.07, 6.45) is 0. The first-order valence-electron chi connectivity index (χ1n) is 12.0. The second-order valence-corrected chi connectivity index (χ2v) is 11.7. The van der Waals surface area contributed by atoms with Crippen molar-refractivity contribution in [3.8, 4) is 21.7 Å². The van der Waals surface area contributed by atoms with E-state index >= 15 is 0 Å². The molecule has 0 saturated heterocycles. The molecule has 0 aliphatic heterocycles. The lowest BCUT2D eigenvalue weighted by Gasteiger charge is -2.15. The molecule has 0 bridgehead atoms. The third kappa shape index (κ3) is 3.74. The summed E-state index contributed by atoms with van der Waals surface area (Å²) in [5, 5.41) is 4.42. The van der Waals surface area contributed by atoms with Gasteiger partial charge in [-0.1, -0.05) is 72.3 Å². The fourth-order valence-electron chi connectivity index (χ4n) is 4.99. The summed E-state index contributed by atoms with van der Waals surface area (Å²) < 4.78 is 35.3. The van der Waals surface area contributed by atoms with Crippen molar-refractivity contribution < 1.29 is 17.9 Å². The summed E-state index contributed by atoms with van der Waals surface area (Å²) in [5.74, 6) is -0.485. The average Bonchev–Trinajstić information content (AvgIpc) is 3.59. The van der Waals surface area contributed by atoms with Crippen LogP contribution in [0, 0.1) is 6.92 Å². The molecule has 5 nitrogen and oxygen atoms in total. The number of aryl methyl sites for hydroxylation is 1. The molecular weight excluding hydrogens is 514 g/mol. The van der Waals surface area contributed by atoms with Gasteiger partial charge < -0.3 is 4.74 Å². The molecule has 0 saturated carbocycles. The van der Waals surface area contributed by atoms with Gasteiger partial charge in [0.15, 0.2) is 0 Å². The van der Waals surface area contributed by atoms with Crippen LogP contribution in [-0.4, -0.2) is 25.5 Å². The Balaban J connectivity index is 1.84. The van der Waals surface area contributed by atoms with E-state index in [2.05, 4.69) is 0 Å². The number of para-hydroxylation sites is 1. The SMILES string of the molecule is COC(=O)c1ccc2ccccc2c1-c1c(-c2cccs2)n(S(=O)(=O)c2ccc(C)cc2)c2ccccc12. The summed E-state index contributed by atoms with van der Waals surface area (Å²) in [4.78, 5) is 14.1. The van der Waals surface area contributed by atoms with Gasteiger partial charge in [0.05, 0.1) is 33.7 Å². The van der Waals surface area contributed by atoms with Gasteiger partial charge in [-0.15, -0.1) is 11.3 Å². The largest absolute Gasteiger partial charge is 0.465 e. The number of carbonyl (C=O) groups is 1. The van der Waals surface area contributed by atoms with Crippen LogP contribution < -0.4 is 0 Å². The van der Waals surface area contributed by atoms with Crippen LogP contribution in [0.4, 0.5) is 0 Å². The first-order chi connectivity index (χ1) is 18.4. The van der Waals surface area contributed by atoms with Gasteiger partial charge in [0.2, 0.25) is 0 Å². The number of benzene rings is 4. The zero-order valence-corrected chi connectivity index (χ0v) is 22.3. The number of methoxy groups -OCH3 is 1. The molecule has 0 N–H and O–H groups in total. The number of ether oxygens (including phenoxy) is 1. The van der Waals surface area contributed by atoms with Gasteiger partial charge in [-0.25, -0.2) is 17.2 Å². The lowest BCUT2D eigenvalue weighted by atomic mass is 9.91. The van der Waals surface area contributed by atoms with E-state index < -0.39 is 16.0 Å². The molecule has 0 radical (unpaired) electrons. The standard InChI is InChI=1S/C31H23NO4S2/c1-20-13-16-22(17-14-20)38(34,35)32-26-11-6-5-10-24(26)29(30(32)27-12-7-19-37-27)28-23-9-4-3-8-21(23)15-18-25(28)31(33)36-2/h3-19H,1-2H3. The minimum Gasteiger partial charge on any atom is -0.465 e. The average molecular weight is 538 g/mol. The Labute approximate surface area is 224 Å². The first-order valence-corrected chi connectivity index (χ1v) is 14.3. The van der Waals surface area contributed by atoms with Crippen molar-refractivity contribution in [2.75, 3.05) is 7.11 Å². The highest BCUT2D eigenvalue weighted by Gasteiger charge is 2.31. The predicted octanol–water partition coefficient (Wildman–Crippen LogP) is 7.52. The number of carbonyl (C=O) groups excluding carboxylic acids is 1. The number of aromatic nitrogens is 1. The first kappa shape index (κ1) is 24.2. The normalized spacial score (nSPS) is 11.7. The van der Waals surface area contributed by atoms with Crippen LogP contribution in [0.2, 0.25) is 0 Å². The highest BCUT2D eigenvalue weighted by molar-refractivity contribution is 7.90. The number of hydrogen-bond donors (Lipinski definition) is 0. The maximum absolute atomic E-state index is 14.3. The van der Waals surface area contributed by atoms with E-state index in [9.17, 15) is 13.2 Å². The van der Waals surface area contributed by atoms with Crippen LogP contribution in [0.15, 0.2) is 107 Å². The Morgan fingerprint density at radius 2 is 1.50 bits per heavy atom. The number of thiophene rings is 1. The molecule has 0 spiro atoms. The second kappa shape index (κ2) is 9.28. The van der Waals surface area contributed by atoms with E-state index in [-0.39, 0.29) is 4.90 Å². The number of nitrogens with zero attached hydrogens (tertiary/aromatic N) is 1. The summed E-state index contributed by atoms with van der Waals surface area (Å²) in [6, 6.07) is 29.5. The summed E-state index contributed by atoms with van der Waals surface area (Å²) in [6.45, 7) is 1.92. The molecule has 188 valence electrons. The van der Waals surface area contributed by atoms with Crippen molar-refractivity contribution in [2.24, 2.45) is 0 Å². The van der Waals surface area contributed by atoms with Crippen LogP contribution in [0.3, 0.4) is 0 Å². The maximum atomic E-state index is 14.3. The Morgan fingerprint density at radius 1 is 0.789 bits per heavy atom. The highest BCUT2D eigenvalue weighted by Crippen LogP contribution is 2.47. The van der Waals surface area contributed by atoms with Crippen LogP contribution >= 0.6 is 11.3 Å². The van der Waals surface area contributed by atoms with Crippen LogP contribution in [0.25, 0.3) is 43.4 Å². The molecule has 2 aromatic heterocycles. The Hall–Kier alpha value is -4.20. The maximum Gasteiger partial charge on any atom is 0.338 e. The zero-order valence-electron chi connectivity index (χ0n) is 20.7. The molecule has 38 heavy (non-hydrogen) atoms. The van der Waals surface area contributed by atoms with Gasteiger partial charge in [0.25, 0.3) is 10.0 Å². The van der Waals surface area contributed by atoms with Crippen molar-refractivity contribution in [3.63, 3.8) is 0 Å². The number of esters is 1. The number of rotatable bonds is 5. The minimum atomic E-state index is -4.01. The smallest absolute Gasteiger partial charge is 0.338 e. The molecule has 0 aliphatic carbocycles. The zero-order chi connectivity index (χ0) is 26.4. The summed E-state index contributed by atoms with van der Waals surface area (Å²) >= 11 is 1.45. The molecule has 4 aromatic carbocycles. The van der Waals surface area contributed by atoms with E-state index in [1.807, 2.05) is 79.0 Å². The van der Waals surface area contributed by atoms with Gasteiger partial charge >= 0.3 is 5.97 Å². The molecule has 7 heteroatoms. The quantitative estimate of drug-likeness (QED) is 0.213. The van der Waals surface area contributed by atoms with E-state index in [1.165, 1.54) is 22.4 Å². The van der Waals surface area contributed by atoms with E-state index in [0.29, 0.717) is 27.9 Å². The lowest BCUT2D eigenvalue weighted by Crippen LogP contribution is -2.14. The van der Waals surface area contributed by atoms with Crippen LogP contribution in [-0.2, 0) is 14.8 Å². The molecular formula is C31H23NO4S2. The van der Waals surface area contributed by atoms with Crippen molar-refractivity contribution in [3.05, 3.63) is 114 Å². The molecule has 0 unspecified atom stereocenters. The van der Waals surface area contributed by atoms with Crippen molar-refractivity contribution in [1.82, 2.24) is 3.97 Å². The van der Waals surface area contributed by atoms with E-state index in [4.69, 9.17) is 4.74 Å². The Morgan fingerprint density at radius 3 is 2.21 bits per heavy atom. The van der Waals surface area contributed by atoms with Gasteiger partial charge in [-0.2, -0.15) is 0 Å². The van der Waals surface area contributed by atoms with Crippen molar-refractivity contribution >= 4 is 49.0 Å². The third-order valence-corrected chi connectivity index (χ3v) is 9.33. The van der Waals surface area contributed by atoms with Gasteiger partial charge in [-0.3, -0.25) is 0 Å². The Bertz CT molecular complexity index is 1930. The Kier molecular flexibility index (Phi) is 5.90.